The van der Waals surface area contributed by atoms with Crippen LogP contribution in [0.3, 0.4) is 0 Å². The number of aryl methyl sites for hydroxylation is 1. The van der Waals surface area contributed by atoms with Gasteiger partial charge in [-0.15, -0.1) is 0 Å². The van der Waals surface area contributed by atoms with Gasteiger partial charge in [-0.3, -0.25) is 0 Å². The molecule has 2 rings (SSSR count). The molecule has 0 N–H and O–H groups in total. The summed E-state index contributed by atoms with van der Waals surface area (Å²) in [6, 6.07) is 18.5. The van der Waals surface area contributed by atoms with Crippen LogP contribution in [-0.2, 0) is 22.5 Å². The number of esters is 1. The Hall–Kier alpha value is -2.33. The maximum Gasteiger partial charge on any atom is 0.364 e. The molecule has 0 aliphatic rings. The van der Waals surface area contributed by atoms with Crippen LogP contribution in [0.25, 0.3) is 0 Å². The van der Waals surface area contributed by atoms with Crippen molar-refractivity contribution in [1.82, 2.24) is 0 Å². The van der Waals surface area contributed by atoms with Crippen molar-refractivity contribution in [3.8, 4) is 5.75 Å². The SMILES string of the molecule is CCCCCCCCCCc1ccccc1OC(CCC)OC(=O)C[N+](C)(C)Cc1ccccc1. The number of quaternary nitrogens is 1. The minimum absolute atomic E-state index is 0.218. The topological polar surface area (TPSA) is 35.5 Å². The Morgan fingerprint density at radius 2 is 1.43 bits per heavy atom. The Balaban J connectivity index is 1.85. The predicted molar refractivity (Wildman–Crippen MR) is 145 cm³/mol. The molecule has 0 fully saturated rings. The summed E-state index contributed by atoms with van der Waals surface area (Å²) in [6.07, 6.45) is 12.5. The number of carbonyl (C=O) groups excluding carboxylic acids is 1. The van der Waals surface area contributed by atoms with Crippen molar-refractivity contribution >= 4 is 5.97 Å². The van der Waals surface area contributed by atoms with E-state index in [1.807, 2.05) is 30.3 Å². The summed E-state index contributed by atoms with van der Waals surface area (Å²) in [7, 11) is 4.12. The van der Waals surface area contributed by atoms with Gasteiger partial charge in [-0.1, -0.05) is 107 Å². The maximum atomic E-state index is 12.8. The van der Waals surface area contributed by atoms with E-state index >= 15 is 0 Å². The molecule has 1 unspecified atom stereocenters. The van der Waals surface area contributed by atoms with Gasteiger partial charge in [0.15, 0.2) is 6.54 Å². The molecule has 0 heterocycles. The molecule has 0 saturated heterocycles. The fourth-order valence-electron chi connectivity index (χ4n) is 4.46. The van der Waals surface area contributed by atoms with Gasteiger partial charge in [0, 0.05) is 12.0 Å². The number of hydrogen-bond acceptors (Lipinski definition) is 3. The predicted octanol–water partition coefficient (Wildman–Crippen LogP) is 7.69. The van der Waals surface area contributed by atoms with Crippen LogP contribution in [-0.4, -0.2) is 37.4 Å². The molecular formula is C31H48NO3+. The van der Waals surface area contributed by atoms with Crippen molar-refractivity contribution in [3.05, 3.63) is 65.7 Å². The number of para-hydroxylation sites is 1. The summed E-state index contributed by atoms with van der Waals surface area (Å²) >= 11 is 0. The van der Waals surface area contributed by atoms with Gasteiger partial charge in [0.05, 0.1) is 14.1 Å². The molecule has 0 aliphatic carbocycles. The molecule has 0 spiro atoms. The minimum atomic E-state index is -0.552. The highest BCUT2D eigenvalue weighted by atomic mass is 16.7. The number of likely N-dealkylation sites (N-methyl/N-ethyl adjacent to an activating group) is 1. The Bertz CT molecular complexity index is 834. The van der Waals surface area contributed by atoms with Crippen LogP contribution in [0.15, 0.2) is 54.6 Å². The largest absolute Gasteiger partial charge is 0.454 e. The zero-order valence-electron chi connectivity index (χ0n) is 22.6. The summed E-state index contributed by atoms with van der Waals surface area (Å²) in [5, 5.41) is 0. The second-order valence-electron chi connectivity index (χ2n) is 10.4. The molecule has 0 aromatic heterocycles. The van der Waals surface area contributed by atoms with Crippen molar-refractivity contribution in [2.75, 3.05) is 20.6 Å². The lowest BCUT2D eigenvalue weighted by Crippen LogP contribution is -2.44. The van der Waals surface area contributed by atoms with Crippen LogP contribution in [0.2, 0.25) is 0 Å². The zero-order chi connectivity index (χ0) is 25.4. The molecule has 1 atom stereocenters. The Morgan fingerprint density at radius 1 is 0.800 bits per heavy atom. The molecule has 0 bridgehead atoms. The number of benzene rings is 2. The molecule has 35 heavy (non-hydrogen) atoms. The van der Waals surface area contributed by atoms with Gasteiger partial charge in [0.1, 0.15) is 12.3 Å². The minimum Gasteiger partial charge on any atom is -0.454 e. The standard InChI is InChI=1S/C31H48NO3/c1-5-7-8-9-10-11-12-16-22-28-23-17-18-24-29(28)34-31(19-6-2)35-30(33)26-32(3,4)25-27-20-14-13-15-21-27/h13-15,17-18,20-21,23-24,31H,5-12,16,19,22,25-26H2,1-4H3/q+1. The fraction of sp³-hybridized carbons (Fsp3) is 0.581. The summed E-state index contributed by atoms with van der Waals surface area (Å²) < 4.78 is 12.6. The maximum absolute atomic E-state index is 12.8. The molecule has 4 heteroatoms. The smallest absolute Gasteiger partial charge is 0.364 e. The summed E-state index contributed by atoms with van der Waals surface area (Å²) in [5.41, 5.74) is 2.41. The van der Waals surface area contributed by atoms with Gasteiger partial charge in [0.25, 0.3) is 0 Å². The van der Waals surface area contributed by atoms with E-state index < -0.39 is 6.29 Å². The molecular weight excluding hydrogens is 434 g/mol. The first-order chi connectivity index (χ1) is 16.9. The fourth-order valence-corrected chi connectivity index (χ4v) is 4.46. The van der Waals surface area contributed by atoms with Crippen LogP contribution in [0.5, 0.6) is 5.75 Å². The van der Waals surface area contributed by atoms with Crippen molar-refractivity contribution < 1.29 is 18.8 Å². The van der Waals surface area contributed by atoms with E-state index in [0.29, 0.717) is 17.4 Å². The molecule has 0 radical (unpaired) electrons. The molecule has 0 saturated carbocycles. The van der Waals surface area contributed by atoms with Gasteiger partial charge in [-0.25, -0.2) is 4.79 Å². The number of rotatable bonds is 18. The number of carbonyl (C=O) groups is 1. The van der Waals surface area contributed by atoms with Crippen LogP contribution < -0.4 is 4.74 Å². The number of unbranched alkanes of at least 4 members (excludes halogenated alkanes) is 7. The van der Waals surface area contributed by atoms with Crippen molar-refractivity contribution in [2.45, 2.75) is 97.3 Å². The first-order valence-corrected chi connectivity index (χ1v) is 13.7. The third-order valence-corrected chi connectivity index (χ3v) is 6.33. The number of ether oxygens (including phenoxy) is 2. The van der Waals surface area contributed by atoms with Crippen LogP contribution in [0.1, 0.15) is 89.2 Å². The van der Waals surface area contributed by atoms with Gasteiger partial charge >= 0.3 is 5.97 Å². The van der Waals surface area contributed by atoms with Gasteiger partial charge in [0.2, 0.25) is 6.29 Å². The van der Waals surface area contributed by atoms with Crippen LogP contribution in [0.4, 0.5) is 0 Å². The summed E-state index contributed by atoms with van der Waals surface area (Å²) in [5.74, 6) is 0.629. The van der Waals surface area contributed by atoms with Crippen LogP contribution >= 0.6 is 0 Å². The van der Waals surface area contributed by atoms with E-state index in [9.17, 15) is 4.79 Å². The third kappa shape index (κ3) is 12.3. The highest BCUT2D eigenvalue weighted by Crippen LogP contribution is 2.24. The second-order valence-corrected chi connectivity index (χ2v) is 10.4. The third-order valence-electron chi connectivity index (χ3n) is 6.33. The van der Waals surface area contributed by atoms with Crippen molar-refractivity contribution in [1.29, 1.82) is 0 Å². The Labute approximate surface area is 214 Å². The monoisotopic (exact) mass is 482 g/mol. The second kappa shape index (κ2) is 16.4. The van der Waals surface area contributed by atoms with Gasteiger partial charge < -0.3 is 14.0 Å². The lowest BCUT2D eigenvalue weighted by atomic mass is 10.0. The molecule has 0 aliphatic heterocycles. The van der Waals surface area contributed by atoms with E-state index in [1.54, 1.807) is 0 Å². The molecule has 2 aromatic carbocycles. The van der Waals surface area contributed by atoms with Crippen molar-refractivity contribution in [2.24, 2.45) is 0 Å². The van der Waals surface area contributed by atoms with E-state index in [4.69, 9.17) is 9.47 Å². The number of nitrogens with zero attached hydrogens (tertiary/aromatic N) is 1. The first-order valence-electron chi connectivity index (χ1n) is 13.7. The quantitative estimate of drug-likeness (QED) is 0.0945. The summed E-state index contributed by atoms with van der Waals surface area (Å²) in [6.45, 7) is 5.43. The first kappa shape index (κ1) is 28.9. The Morgan fingerprint density at radius 3 is 2.11 bits per heavy atom. The van der Waals surface area contributed by atoms with Gasteiger partial charge in [-0.05, 0) is 30.9 Å². The van der Waals surface area contributed by atoms with E-state index in [0.717, 1.165) is 31.6 Å². The molecule has 194 valence electrons. The lowest BCUT2D eigenvalue weighted by molar-refractivity contribution is -0.896. The Kier molecular flexibility index (Phi) is 13.5. The molecule has 4 nitrogen and oxygen atoms in total. The molecule has 0 amide bonds. The highest BCUT2D eigenvalue weighted by molar-refractivity contribution is 5.70. The average molecular weight is 483 g/mol. The number of hydrogen-bond donors (Lipinski definition) is 0. The molecule has 2 aromatic rings. The average Bonchev–Trinajstić information content (AvgIpc) is 2.82. The van der Waals surface area contributed by atoms with E-state index in [-0.39, 0.29) is 5.97 Å². The van der Waals surface area contributed by atoms with Crippen LogP contribution in [0, 0.1) is 0 Å². The van der Waals surface area contributed by atoms with Gasteiger partial charge in [-0.2, -0.15) is 0 Å². The van der Waals surface area contributed by atoms with E-state index in [2.05, 4.69) is 52.2 Å². The lowest BCUT2D eigenvalue weighted by Gasteiger charge is -2.29. The normalized spacial score (nSPS) is 12.3. The highest BCUT2D eigenvalue weighted by Gasteiger charge is 2.25. The van der Waals surface area contributed by atoms with E-state index in [1.165, 1.54) is 56.1 Å². The summed E-state index contributed by atoms with van der Waals surface area (Å²) in [4.78, 5) is 12.8. The zero-order valence-corrected chi connectivity index (χ0v) is 22.6. The van der Waals surface area contributed by atoms with Crippen molar-refractivity contribution in [3.63, 3.8) is 0 Å².